The molecule has 6 nitrogen and oxygen atoms in total. The van der Waals surface area contributed by atoms with Crippen LogP contribution in [0.25, 0.3) is 6.08 Å². The molecule has 2 aromatic carbocycles. The van der Waals surface area contributed by atoms with Gasteiger partial charge in [0.05, 0.1) is 9.80 Å². The molecule has 158 valence electrons. The number of thioether (sulfide) groups is 1. The highest BCUT2D eigenvalue weighted by atomic mass is 79.9. The number of sulfonamides is 1. The summed E-state index contributed by atoms with van der Waals surface area (Å²) in [6.45, 7) is -0.241. The van der Waals surface area contributed by atoms with Crippen molar-refractivity contribution < 1.29 is 18.0 Å². The van der Waals surface area contributed by atoms with E-state index in [1.165, 1.54) is 18.2 Å². The molecule has 0 aliphatic carbocycles. The van der Waals surface area contributed by atoms with Crippen LogP contribution in [-0.2, 0) is 14.8 Å². The molecule has 0 atom stereocenters. The lowest BCUT2D eigenvalue weighted by molar-refractivity contribution is -0.122. The summed E-state index contributed by atoms with van der Waals surface area (Å²) in [6.07, 6.45) is 1.51. The Kier molecular flexibility index (Phi) is 7.71. The van der Waals surface area contributed by atoms with Gasteiger partial charge < -0.3 is 0 Å². The monoisotopic (exact) mass is 612 g/mol. The van der Waals surface area contributed by atoms with Gasteiger partial charge in [0.15, 0.2) is 0 Å². The molecule has 1 aliphatic heterocycles. The predicted molar refractivity (Wildman–Crippen MR) is 126 cm³/mol. The zero-order valence-corrected chi connectivity index (χ0v) is 21.2. The van der Waals surface area contributed by atoms with E-state index in [0.29, 0.717) is 24.6 Å². The van der Waals surface area contributed by atoms with Crippen molar-refractivity contribution in [1.82, 2.24) is 9.62 Å². The second-order valence-corrected chi connectivity index (χ2v) is 11.3. The van der Waals surface area contributed by atoms with Gasteiger partial charge in [0.25, 0.3) is 11.1 Å². The van der Waals surface area contributed by atoms with Gasteiger partial charge >= 0.3 is 0 Å². The van der Waals surface area contributed by atoms with Crippen molar-refractivity contribution >= 4 is 94.1 Å². The van der Waals surface area contributed by atoms with Gasteiger partial charge in [-0.3, -0.25) is 14.5 Å². The molecule has 1 aliphatic rings. The topological polar surface area (TPSA) is 83.6 Å². The number of nitrogens with zero attached hydrogens (tertiary/aromatic N) is 1. The lowest BCUT2D eigenvalue weighted by Gasteiger charge is -2.14. The third-order valence-corrected chi connectivity index (χ3v) is 8.35. The van der Waals surface area contributed by atoms with Gasteiger partial charge in [-0.1, -0.05) is 45.2 Å². The summed E-state index contributed by atoms with van der Waals surface area (Å²) in [5.41, 5.74) is 0.548. The fourth-order valence-corrected chi connectivity index (χ4v) is 6.35. The lowest BCUT2D eigenvalue weighted by Crippen LogP contribution is -2.37. The average molecular weight is 615 g/mol. The van der Waals surface area contributed by atoms with Crippen LogP contribution >= 0.6 is 66.8 Å². The first-order valence-corrected chi connectivity index (χ1v) is 12.9. The molecule has 1 N–H and O–H groups in total. The van der Waals surface area contributed by atoms with Crippen LogP contribution in [0.3, 0.4) is 0 Å². The van der Waals surface area contributed by atoms with E-state index in [0.717, 1.165) is 16.7 Å². The zero-order chi connectivity index (χ0) is 22.1. The van der Waals surface area contributed by atoms with Crippen LogP contribution in [0.15, 0.2) is 55.1 Å². The molecule has 1 heterocycles. The summed E-state index contributed by atoms with van der Waals surface area (Å²) in [4.78, 5) is 26.0. The molecule has 0 unspecified atom stereocenters. The second-order valence-electron chi connectivity index (χ2n) is 5.97. The number of carbonyl (C=O) groups excluding carboxylic acids is 2. The van der Waals surface area contributed by atoms with Crippen LogP contribution in [0, 0.1) is 0 Å². The van der Waals surface area contributed by atoms with Crippen LogP contribution in [0.2, 0.25) is 10.0 Å². The SMILES string of the molecule is O=C1S/C(=C\c2ccc(Cl)cc2Cl)C(=O)N1CCNS(=O)(=O)c1cc(Br)ccc1Br. The van der Waals surface area contributed by atoms with Crippen molar-refractivity contribution in [2.45, 2.75) is 4.90 Å². The molecule has 30 heavy (non-hydrogen) atoms. The number of hydrogen-bond acceptors (Lipinski definition) is 5. The molecule has 0 radical (unpaired) electrons. The number of carbonyl (C=O) groups is 2. The van der Waals surface area contributed by atoms with E-state index in [-0.39, 0.29) is 22.9 Å². The largest absolute Gasteiger partial charge is 0.293 e. The number of amides is 2. The van der Waals surface area contributed by atoms with Gasteiger partial charge in [-0.15, -0.1) is 0 Å². The molecule has 1 saturated heterocycles. The van der Waals surface area contributed by atoms with E-state index < -0.39 is 21.2 Å². The quantitative estimate of drug-likeness (QED) is 0.433. The molecular formula is C18H12Br2Cl2N2O4S2. The normalized spacial score (nSPS) is 16.0. The van der Waals surface area contributed by atoms with Gasteiger partial charge in [-0.25, -0.2) is 13.1 Å². The third kappa shape index (κ3) is 5.48. The van der Waals surface area contributed by atoms with E-state index in [4.69, 9.17) is 23.2 Å². The summed E-state index contributed by atoms with van der Waals surface area (Å²) < 4.78 is 28.4. The van der Waals surface area contributed by atoms with Gasteiger partial charge in [0.2, 0.25) is 10.0 Å². The van der Waals surface area contributed by atoms with Crippen LogP contribution in [0.5, 0.6) is 0 Å². The average Bonchev–Trinajstić information content (AvgIpc) is 2.93. The molecule has 1 fully saturated rings. The summed E-state index contributed by atoms with van der Waals surface area (Å²) in [5.74, 6) is -0.515. The fourth-order valence-electron chi connectivity index (χ4n) is 2.51. The van der Waals surface area contributed by atoms with Crippen molar-refractivity contribution in [3.05, 3.63) is 65.9 Å². The molecule has 12 heteroatoms. The van der Waals surface area contributed by atoms with Gasteiger partial charge in [0.1, 0.15) is 0 Å². The van der Waals surface area contributed by atoms with Crippen molar-refractivity contribution in [2.24, 2.45) is 0 Å². The van der Waals surface area contributed by atoms with Crippen LogP contribution < -0.4 is 4.72 Å². The number of rotatable bonds is 6. The molecule has 0 saturated carbocycles. The first kappa shape index (κ1) is 23.8. The van der Waals surface area contributed by atoms with Crippen molar-refractivity contribution in [2.75, 3.05) is 13.1 Å². The maximum Gasteiger partial charge on any atom is 0.293 e. The van der Waals surface area contributed by atoms with Crippen molar-refractivity contribution in [3.63, 3.8) is 0 Å². The standard InChI is InChI=1S/C18H12Br2Cl2N2O4S2/c19-11-2-4-13(20)16(8-11)30(27,28)23-5-6-24-17(25)15(29-18(24)26)7-10-1-3-12(21)9-14(10)22/h1-4,7-9,23H,5-6H2/b15-7-. The summed E-state index contributed by atoms with van der Waals surface area (Å²) in [7, 11) is -3.84. The second kappa shape index (κ2) is 9.72. The number of benzene rings is 2. The van der Waals surface area contributed by atoms with E-state index in [1.54, 1.807) is 24.3 Å². The molecule has 2 amide bonds. The van der Waals surface area contributed by atoms with E-state index in [9.17, 15) is 18.0 Å². The maximum atomic E-state index is 12.6. The first-order chi connectivity index (χ1) is 14.1. The molecular weight excluding hydrogens is 603 g/mol. The smallest absolute Gasteiger partial charge is 0.268 e. The molecule has 0 bridgehead atoms. The van der Waals surface area contributed by atoms with Crippen molar-refractivity contribution in [3.8, 4) is 0 Å². The predicted octanol–water partition coefficient (Wildman–Crippen LogP) is 5.53. The number of imide groups is 1. The Balaban J connectivity index is 1.69. The molecule has 0 spiro atoms. The Bertz CT molecular complexity index is 1170. The Morgan fingerprint density at radius 3 is 2.53 bits per heavy atom. The van der Waals surface area contributed by atoms with E-state index >= 15 is 0 Å². The Morgan fingerprint density at radius 2 is 1.83 bits per heavy atom. The van der Waals surface area contributed by atoms with Crippen molar-refractivity contribution in [1.29, 1.82) is 0 Å². The molecule has 3 rings (SSSR count). The first-order valence-electron chi connectivity index (χ1n) is 8.23. The summed E-state index contributed by atoms with van der Waals surface area (Å²) in [6, 6.07) is 9.55. The highest BCUT2D eigenvalue weighted by molar-refractivity contribution is 9.11. The van der Waals surface area contributed by atoms with E-state index in [1.807, 2.05) is 0 Å². The summed E-state index contributed by atoms with van der Waals surface area (Å²) in [5, 5.41) is 0.315. The maximum absolute atomic E-state index is 12.6. The zero-order valence-electron chi connectivity index (χ0n) is 14.9. The lowest BCUT2D eigenvalue weighted by atomic mass is 10.2. The van der Waals surface area contributed by atoms with Crippen LogP contribution in [0.1, 0.15) is 5.56 Å². The van der Waals surface area contributed by atoms with Gasteiger partial charge in [-0.05, 0) is 69.7 Å². The number of halogens is 4. The molecule has 0 aromatic heterocycles. The Hall–Kier alpha value is -0.880. The molecule has 2 aromatic rings. The van der Waals surface area contributed by atoms with Crippen LogP contribution in [0.4, 0.5) is 4.79 Å². The highest BCUT2D eigenvalue weighted by Crippen LogP contribution is 2.34. The van der Waals surface area contributed by atoms with Gasteiger partial charge in [-0.2, -0.15) is 0 Å². The minimum atomic E-state index is -3.84. The fraction of sp³-hybridized carbons (Fsp3) is 0.111. The minimum absolute atomic E-state index is 0.0447. The minimum Gasteiger partial charge on any atom is -0.268 e. The Morgan fingerprint density at radius 1 is 1.10 bits per heavy atom. The number of hydrogen-bond donors (Lipinski definition) is 1. The number of nitrogens with one attached hydrogen (secondary N) is 1. The van der Waals surface area contributed by atoms with Gasteiger partial charge in [0, 0.05) is 32.1 Å². The summed E-state index contributed by atoms with van der Waals surface area (Å²) >= 11 is 19.2. The Labute approximate surface area is 204 Å². The third-order valence-electron chi connectivity index (χ3n) is 3.93. The van der Waals surface area contributed by atoms with E-state index in [2.05, 4.69) is 36.6 Å². The highest BCUT2D eigenvalue weighted by Gasteiger charge is 2.35. The van der Waals surface area contributed by atoms with Crippen LogP contribution in [-0.4, -0.2) is 37.6 Å².